The third-order valence-electron chi connectivity index (χ3n) is 5.50. The van der Waals surface area contributed by atoms with E-state index in [0.29, 0.717) is 6.04 Å². The highest BCUT2D eigenvalue weighted by Crippen LogP contribution is 2.20. The van der Waals surface area contributed by atoms with Crippen LogP contribution >= 0.6 is 11.3 Å². The first-order valence-corrected chi connectivity index (χ1v) is 10.7. The molecule has 1 saturated heterocycles. The molecule has 148 valence electrons. The number of benzene rings is 1. The lowest BCUT2D eigenvalue weighted by atomic mass is 10.1. The highest BCUT2D eigenvalue weighted by atomic mass is 32.1. The first kappa shape index (κ1) is 18.9. The SMILES string of the molecule is CC[C@@H](c1nnnn1Cc1cccs1)[NH+]1CCN(c2ccc(OC)cc2)CC1. The maximum atomic E-state index is 5.27. The average Bonchev–Trinajstić information content (AvgIpc) is 3.42. The van der Waals surface area contributed by atoms with Gasteiger partial charge in [-0.05, 0) is 46.1 Å². The van der Waals surface area contributed by atoms with Crippen LogP contribution in [0.15, 0.2) is 41.8 Å². The molecular formula is C20H27N6OS+. The number of quaternary nitrogens is 1. The molecular weight excluding hydrogens is 372 g/mol. The van der Waals surface area contributed by atoms with Crippen LogP contribution in [0, 0.1) is 0 Å². The number of nitrogens with zero attached hydrogens (tertiary/aromatic N) is 5. The van der Waals surface area contributed by atoms with Gasteiger partial charge >= 0.3 is 0 Å². The number of thiophene rings is 1. The van der Waals surface area contributed by atoms with Crippen molar-refractivity contribution < 1.29 is 9.64 Å². The second kappa shape index (κ2) is 8.70. The van der Waals surface area contributed by atoms with Crippen LogP contribution in [0.3, 0.4) is 0 Å². The monoisotopic (exact) mass is 399 g/mol. The lowest BCUT2D eigenvalue weighted by Gasteiger charge is -2.36. The molecule has 1 fully saturated rings. The standard InChI is InChI=1S/C20H26N6OS/c1-3-19(20-21-22-23-26(20)15-18-5-4-14-28-18)25-12-10-24(11-13-25)16-6-8-17(27-2)9-7-16/h4-9,14,19H,3,10-13,15H2,1-2H3/p+1/t19-/m0/s1. The van der Waals surface area contributed by atoms with Crippen LogP contribution in [0.4, 0.5) is 5.69 Å². The Balaban J connectivity index is 1.42. The van der Waals surface area contributed by atoms with Gasteiger partial charge in [-0.25, -0.2) is 4.68 Å². The van der Waals surface area contributed by atoms with Crippen molar-refractivity contribution in [2.75, 3.05) is 38.2 Å². The Bertz CT molecular complexity index is 855. The molecule has 0 radical (unpaired) electrons. The Labute approximate surface area is 169 Å². The summed E-state index contributed by atoms with van der Waals surface area (Å²) in [7, 11) is 1.70. The highest BCUT2D eigenvalue weighted by molar-refractivity contribution is 7.09. The number of nitrogens with one attached hydrogen (secondary N) is 1. The van der Waals surface area contributed by atoms with E-state index in [4.69, 9.17) is 4.74 Å². The van der Waals surface area contributed by atoms with E-state index in [9.17, 15) is 0 Å². The molecule has 1 aliphatic rings. The summed E-state index contributed by atoms with van der Waals surface area (Å²) in [5.41, 5.74) is 1.26. The number of rotatable bonds is 7. The summed E-state index contributed by atoms with van der Waals surface area (Å²) in [4.78, 5) is 5.29. The van der Waals surface area contributed by atoms with Gasteiger partial charge in [-0.1, -0.05) is 13.0 Å². The average molecular weight is 400 g/mol. The molecule has 1 aliphatic heterocycles. The number of hydrogen-bond acceptors (Lipinski definition) is 6. The minimum absolute atomic E-state index is 0.327. The topological polar surface area (TPSA) is 60.5 Å². The second-order valence-electron chi connectivity index (χ2n) is 7.08. The van der Waals surface area contributed by atoms with Crippen molar-refractivity contribution >= 4 is 17.0 Å². The number of methoxy groups -OCH3 is 1. The van der Waals surface area contributed by atoms with Crippen LogP contribution in [-0.2, 0) is 6.54 Å². The van der Waals surface area contributed by atoms with E-state index in [0.717, 1.165) is 50.7 Å². The van der Waals surface area contributed by atoms with Crippen molar-refractivity contribution in [3.8, 4) is 5.75 Å². The lowest BCUT2D eigenvalue weighted by Crippen LogP contribution is -3.15. The molecule has 1 atom stereocenters. The van der Waals surface area contributed by atoms with Crippen molar-refractivity contribution in [1.82, 2.24) is 20.2 Å². The van der Waals surface area contributed by atoms with Crippen molar-refractivity contribution in [3.05, 3.63) is 52.5 Å². The number of piperazine rings is 1. The number of ether oxygens (including phenoxy) is 1. The summed E-state index contributed by atoms with van der Waals surface area (Å²) >= 11 is 1.75. The summed E-state index contributed by atoms with van der Waals surface area (Å²) in [5.74, 6) is 1.90. The van der Waals surface area contributed by atoms with Gasteiger partial charge in [0.15, 0.2) is 0 Å². The Morgan fingerprint density at radius 2 is 1.96 bits per heavy atom. The molecule has 4 rings (SSSR count). The molecule has 0 spiro atoms. The smallest absolute Gasteiger partial charge is 0.209 e. The van der Waals surface area contributed by atoms with Gasteiger partial charge in [-0.3, -0.25) is 0 Å². The molecule has 7 nitrogen and oxygen atoms in total. The maximum Gasteiger partial charge on any atom is 0.209 e. The number of hydrogen-bond donors (Lipinski definition) is 1. The summed E-state index contributed by atoms with van der Waals surface area (Å²) in [6, 6.07) is 12.9. The van der Waals surface area contributed by atoms with Crippen LogP contribution < -0.4 is 14.5 Å². The van der Waals surface area contributed by atoms with Crippen LogP contribution in [0.1, 0.15) is 30.1 Å². The molecule has 1 aromatic carbocycles. The zero-order valence-corrected chi connectivity index (χ0v) is 17.2. The number of aromatic nitrogens is 4. The van der Waals surface area contributed by atoms with Crippen LogP contribution in [0.2, 0.25) is 0 Å². The Hall–Kier alpha value is -2.45. The minimum Gasteiger partial charge on any atom is -0.497 e. The third kappa shape index (κ3) is 4.02. The van der Waals surface area contributed by atoms with Gasteiger partial charge < -0.3 is 14.5 Å². The molecule has 0 unspecified atom stereocenters. The van der Waals surface area contributed by atoms with E-state index >= 15 is 0 Å². The molecule has 0 saturated carbocycles. The van der Waals surface area contributed by atoms with Crippen molar-refractivity contribution in [2.45, 2.75) is 25.9 Å². The Morgan fingerprint density at radius 3 is 2.61 bits per heavy atom. The first-order chi connectivity index (χ1) is 13.8. The fourth-order valence-corrected chi connectivity index (χ4v) is 4.66. The Morgan fingerprint density at radius 1 is 1.18 bits per heavy atom. The van der Waals surface area contributed by atoms with Gasteiger partial charge in [0.25, 0.3) is 0 Å². The van der Waals surface area contributed by atoms with E-state index in [1.807, 2.05) is 16.8 Å². The highest BCUT2D eigenvalue weighted by Gasteiger charge is 2.31. The molecule has 0 bridgehead atoms. The molecule has 1 N–H and O–H groups in total. The van der Waals surface area contributed by atoms with E-state index in [2.05, 4.69) is 57.0 Å². The molecule has 28 heavy (non-hydrogen) atoms. The third-order valence-corrected chi connectivity index (χ3v) is 6.36. The zero-order valence-electron chi connectivity index (χ0n) is 16.4. The van der Waals surface area contributed by atoms with Gasteiger partial charge in [-0.15, -0.1) is 16.4 Å². The van der Waals surface area contributed by atoms with E-state index < -0.39 is 0 Å². The molecule has 3 aromatic rings. The summed E-state index contributed by atoms with van der Waals surface area (Å²) in [5, 5.41) is 14.7. The predicted molar refractivity (Wildman–Crippen MR) is 110 cm³/mol. The molecule has 0 aliphatic carbocycles. The molecule has 3 heterocycles. The maximum absolute atomic E-state index is 5.27. The van der Waals surface area contributed by atoms with Gasteiger partial charge in [0.05, 0.1) is 39.8 Å². The molecule has 2 aromatic heterocycles. The summed E-state index contributed by atoms with van der Waals surface area (Å²) < 4.78 is 7.24. The van der Waals surface area contributed by atoms with E-state index in [1.54, 1.807) is 23.3 Å². The fraction of sp³-hybridized carbons (Fsp3) is 0.450. The van der Waals surface area contributed by atoms with Crippen LogP contribution in [-0.4, -0.2) is 53.5 Å². The van der Waals surface area contributed by atoms with E-state index in [1.165, 1.54) is 10.6 Å². The number of tetrazole rings is 1. The van der Waals surface area contributed by atoms with Crippen molar-refractivity contribution in [3.63, 3.8) is 0 Å². The second-order valence-corrected chi connectivity index (χ2v) is 8.11. The first-order valence-electron chi connectivity index (χ1n) is 9.80. The van der Waals surface area contributed by atoms with Gasteiger partial charge in [-0.2, -0.15) is 0 Å². The zero-order chi connectivity index (χ0) is 19.3. The van der Waals surface area contributed by atoms with Crippen LogP contribution in [0.5, 0.6) is 5.75 Å². The Kier molecular flexibility index (Phi) is 5.87. The summed E-state index contributed by atoms with van der Waals surface area (Å²) in [6.07, 6.45) is 1.03. The lowest BCUT2D eigenvalue weighted by molar-refractivity contribution is -0.933. The predicted octanol–water partition coefficient (Wildman–Crippen LogP) is 1.65. The molecule has 0 amide bonds. The van der Waals surface area contributed by atoms with Gasteiger partial charge in [0.2, 0.25) is 5.82 Å². The molecule has 8 heteroatoms. The summed E-state index contributed by atoms with van der Waals surface area (Å²) in [6.45, 7) is 7.21. The van der Waals surface area contributed by atoms with Gasteiger partial charge in [0, 0.05) is 17.0 Å². The van der Waals surface area contributed by atoms with Crippen molar-refractivity contribution in [1.29, 1.82) is 0 Å². The van der Waals surface area contributed by atoms with Crippen molar-refractivity contribution in [2.24, 2.45) is 0 Å². The van der Waals surface area contributed by atoms with Gasteiger partial charge in [0.1, 0.15) is 11.8 Å². The fourth-order valence-electron chi connectivity index (χ4n) is 3.97. The quantitative estimate of drug-likeness (QED) is 0.655. The number of anilines is 1. The van der Waals surface area contributed by atoms with E-state index in [-0.39, 0.29) is 0 Å². The normalized spacial score (nSPS) is 16.3. The van der Waals surface area contributed by atoms with Crippen LogP contribution in [0.25, 0.3) is 0 Å². The minimum atomic E-state index is 0.327. The largest absolute Gasteiger partial charge is 0.497 e.